The van der Waals surface area contributed by atoms with Crippen molar-refractivity contribution in [3.05, 3.63) is 41.7 Å². The molecule has 88 valence electrons. The normalized spacial score (nSPS) is 15.0. The molecule has 1 aromatic carbocycles. The summed E-state index contributed by atoms with van der Waals surface area (Å²) in [5.74, 6) is -0.0748. The van der Waals surface area contributed by atoms with Crippen molar-refractivity contribution in [3.63, 3.8) is 0 Å². The van der Waals surface area contributed by atoms with Crippen LogP contribution in [0, 0.1) is 0 Å². The number of ketones is 1. The largest absolute Gasteiger partial charge is 0.500 e. The Balaban J connectivity index is 2.18. The lowest BCUT2D eigenvalue weighted by atomic mass is 10.2. The van der Waals surface area contributed by atoms with Crippen molar-refractivity contribution in [2.75, 3.05) is 12.4 Å². The van der Waals surface area contributed by atoms with Crippen molar-refractivity contribution in [2.45, 2.75) is 12.8 Å². The third kappa shape index (κ3) is 2.36. The topological polar surface area (TPSA) is 55.4 Å². The van der Waals surface area contributed by atoms with Gasteiger partial charge in [-0.05, 0) is 12.1 Å². The third-order valence-electron chi connectivity index (χ3n) is 2.64. The highest BCUT2D eigenvalue weighted by Crippen LogP contribution is 2.24. The van der Waals surface area contributed by atoms with Crippen molar-refractivity contribution in [3.8, 4) is 0 Å². The summed E-state index contributed by atoms with van der Waals surface area (Å²) in [4.78, 5) is 23.5. The molecule has 4 nitrogen and oxygen atoms in total. The van der Waals surface area contributed by atoms with Gasteiger partial charge in [-0.15, -0.1) is 0 Å². The summed E-state index contributed by atoms with van der Waals surface area (Å²) in [6.07, 6.45) is 0.855. The number of hydrogen-bond acceptors (Lipinski definition) is 3. The number of para-hydroxylation sites is 1. The van der Waals surface area contributed by atoms with E-state index >= 15 is 0 Å². The molecular formula is C13H13NO3. The van der Waals surface area contributed by atoms with Crippen molar-refractivity contribution in [2.24, 2.45) is 0 Å². The Kier molecular flexibility index (Phi) is 3.23. The van der Waals surface area contributed by atoms with Gasteiger partial charge in [-0.2, -0.15) is 0 Å². The van der Waals surface area contributed by atoms with Gasteiger partial charge in [0.15, 0.2) is 5.78 Å². The van der Waals surface area contributed by atoms with E-state index in [0.717, 1.165) is 0 Å². The van der Waals surface area contributed by atoms with Gasteiger partial charge in [0.1, 0.15) is 11.3 Å². The molecule has 1 aliphatic carbocycles. The predicted molar refractivity (Wildman–Crippen MR) is 63.3 cm³/mol. The fourth-order valence-electron chi connectivity index (χ4n) is 1.81. The Labute approximate surface area is 99.3 Å². The quantitative estimate of drug-likeness (QED) is 0.808. The minimum absolute atomic E-state index is 0.149. The number of carbonyl (C=O) groups is 2. The van der Waals surface area contributed by atoms with Crippen molar-refractivity contribution in [1.82, 2.24) is 0 Å². The van der Waals surface area contributed by atoms with Crippen LogP contribution in [0.25, 0.3) is 0 Å². The fraction of sp³-hybridized carbons (Fsp3) is 0.231. The second kappa shape index (κ2) is 4.82. The van der Waals surface area contributed by atoms with Crippen LogP contribution in [-0.4, -0.2) is 18.8 Å². The van der Waals surface area contributed by atoms with E-state index in [1.807, 2.05) is 18.2 Å². The number of rotatable bonds is 3. The molecule has 0 bridgehead atoms. The van der Waals surface area contributed by atoms with Crippen LogP contribution in [-0.2, 0) is 14.3 Å². The summed E-state index contributed by atoms with van der Waals surface area (Å²) in [7, 11) is 1.48. The molecule has 0 heterocycles. The molecule has 0 saturated heterocycles. The monoisotopic (exact) mass is 231 g/mol. The summed E-state index contributed by atoms with van der Waals surface area (Å²) >= 11 is 0. The van der Waals surface area contributed by atoms with E-state index in [9.17, 15) is 9.59 Å². The number of ether oxygens (including phenoxy) is 1. The average molecular weight is 231 g/mol. The Morgan fingerprint density at radius 2 is 1.94 bits per heavy atom. The number of anilines is 1. The van der Waals surface area contributed by atoms with Gasteiger partial charge < -0.3 is 10.1 Å². The third-order valence-corrected chi connectivity index (χ3v) is 2.64. The van der Waals surface area contributed by atoms with Gasteiger partial charge in [0.05, 0.1) is 7.11 Å². The minimum Gasteiger partial charge on any atom is -0.500 e. The first kappa shape index (κ1) is 11.4. The summed E-state index contributed by atoms with van der Waals surface area (Å²) in [6, 6.07) is 9.03. The van der Waals surface area contributed by atoms with E-state index < -0.39 is 5.91 Å². The number of amides is 1. The number of nitrogens with one attached hydrogen (secondary N) is 1. The van der Waals surface area contributed by atoms with Crippen LogP contribution < -0.4 is 5.32 Å². The van der Waals surface area contributed by atoms with Crippen molar-refractivity contribution >= 4 is 17.4 Å². The molecule has 0 aliphatic heterocycles. The number of allylic oxidation sites excluding steroid dienone is 1. The summed E-state index contributed by atoms with van der Waals surface area (Å²) in [6.45, 7) is 0. The average Bonchev–Trinajstić information content (AvgIpc) is 2.71. The first-order chi connectivity index (χ1) is 8.22. The summed E-state index contributed by atoms with van der Waals surface area (Å²) < 4.78 is 5.05. The lowest BCUT2D eigenvalue weighted by Crippen LogP contribution is -2.19. The van der Waals surface area contributed by atoms with E-state index in [-0.39, 0.29) is 11.4 Å². The number of Topliss-reactive ketones (excluding diaryl/α,β-unsaturated/α-hetero) is 1. The number of methoxy groups -OCH3 is 1. The van der Waals surface area contributed by atoms with Gasteiger partial charge >= 0.3 is 0 Å². The van der Waals surface area contributed by atoms with Crippen LogP contribution in [0.2, 0.25) is 0 Å². The van der Waals surface area contributed by atoms with Gasteiger partial charge in [-0.3, -0.25) is 9.59 Å². The zero-order chi connectivity index (χ0) is 12.3. The van der Waals surface area contributed by atoms with Crippen molar-refractivity contribution < 1.29 is 14.3 Å². The van der Waals surface area contributed by atoms with Gasteiger partial charge in [0.2, 0.25) is 0 Å². The molecule has 4 heteroatoms. The second-order valence-corrected chi connectivity index (χ2v) is 3.75. The fourth-order valence-corrected chi connectivity index (χ4v) is 1.81. The first-order valence-corrected chi connectivity index (χ1v) is 5.39. The molecule has 1 aromatic rings. The molecule has 0 fully saturated rings. The standard InChI is InChI=1S/C13H13NO3/c1-17-11-8-7-10(15)12(11)13(16)14-9-5-3-2-4-6-9/h2-6H,7-8H2,1H3,(H,14,16). The zero-order valence-electron chi connectivity index (χ0n) is 9.53. The minimum atomic E-state index is -0.393. The van der Waals surface area contributed by atoms with Crippen LogP contribution in [0.1, 0.15) is 12.8 Å². The lowest BCUT2D eigenvalue weighted by molar-refractivity contribution is -0.119. The van der Waals surface area contributed by atoms with Gasteiger partial charge in [-0.1, -0.05) is 18.2 Å². The van der Waals surface area contributed by atoms with E-state index in [0.29, 0.717) is 24.3 Å². The highest BCUT2D eigenvalue weighted by molar-refractivity contribution is 6.25. The smallest absolute Gasteiger partial charge is 0.262 e. The molecule has 2 rings (SSSR count). The molecule has 0 saturated carbocycles. The van der Waals surface area contributed by atoms with Gasteiger partial charge in [-0.25, -0.2) is 0 Å². The second-order valence-electron chi connectivity index (χ2n) is 3.75. The zero-order valence-corrected chi connectivity index (χ0v) is 9.53. The molecule has 1 amide bonds. The number of hydrogen-bond donors (Lipinski definition) is 1. The van der Waals surface area contributed by atoms with Gasteiger partial charge in [0.25, 0.3) is 5.91 Å². The first-order valence-electron chi connectivity index (χ1n) is 5.39. The summed E-state index contributed by atoms with van der Waals surface area (Å²) in [5, 5.41) is 2.68. The van der Waals surface area contributed by atoms with Crippen LogP contribution in [0.4, 0.5) is 5.69 Å². The number of benzene rings is 1. The molecule has 0 atom stereocenters. The Morgan fingerprint density at radius 3 is 2.59 bits per heavy atom. The molecule has 1 N–H and O–H groups in total. The summed E-state index contributed by atoms with van der Waals surface area (Å²) in [5.41, 5.74) is 0.816. The molecule has 0 spiro atoms. The molecule has 0 unspecified atom stereocenters. The van der Waals surface area contributed by atoms with E-state index in [1.165, 1.54) is 7.11 Å². The van der Waals surface area contributed by atoms with E-state index in [2.05, 4.69) is 5.32 Å². The van der Waals surface area contributed by atoms with E-state index in [4.69, 9.17) is 4.74 Å². The van der Waals surface area contributed by atoms with Crippen LogP contribution in [0.5, 0.6) is 0 Å². The maximum Gasteiger partial charge on any atom is 0.262 e. The van der Waals surface area contributed by atoms with Crippen LogP contribution in [0.3, 0.4) is 0 Å². The molecule has 1 aliphatic rings. The molecule has 0 aromatic heterocycles. The Morgan fingerprint density at radius 1 is 1.24 bits per heavy atom. The Bertz CT molecular complexity index is 477. The number of carbonyl (C=O) groups excluding carboxylic acids is 2. The van der Waals surface area contributed by atoms with E-state index in [1.54, 1.807) is 12.1 Å². The highest BCUT2D eigenvalue weighted by Gasteiger charge is 2.29. The molecular weight excluding hydrogens is 218 g/mol. The maximum absolute atomic E-state index is 11.9. The molecule has 0 radical (unpaired) electrons. The SMILES string of the molecule is COC1=C(C(=O)Nc2ccccc2)C(=O)CC1. The predicted octanol–water partition coefficient (Wildman–Crippen LogP) is 1.89. The molecule has 17 heavy (non-hydrogen) atoms. The maximum atomic E-state index is 11.9. The van der Waals surface area contributed by atoms with Crippen LogP contribution in [0.15, 0.2) is 41.7 Å². The van der Waals surface area contributed by atoms with Crippen LogP contribution >= 0.6 is 0 Å². The van der Waals surface area contributed by atoms with Crippen molar-refractivity contribution in [1.29, 1.82) is 0 Å². The Hall–Kier alpha value is -2.10. The highest BCUT2D eigenvalue weighted by atomic mass is 16.5. The lowest BCUT2D eigenvalue weighted by Gasteiger charge is -2.06. The van der Waals surface area contributed by atoms with Gasteiger partial charge in [0, 0.05) is 18.5 Å².